The first kappa shape index (κ1) is 24.5. The van der Waals surface area contributed by atoms with Crippen LogP contribution in [0.3, 0.4) is 0 Å². The molecule has 33 heavy (non-hydrogen) atoms. The van der Waals surface area contributed by atoms with Gasteiger partial charge in [0.1, 0.15) is 0 Å². The second-order valence-corrected chi connectivity index (χ2v) is 9.62. The highest BCUT2D eigenvalue weighted by molar-refractivity contribution is 6.45. The highest BCUT2D eigenvalue weighted by atomic mass is 16.7. The molecule has 0 aliphatic heterocycles. The zero-order chi connectivity index (χ0) is 24.2. The Morgan fingerprint density at radius 3 is 2.27 bits per heavy atom. The molecular formula is C26H32N2O5. The minimum absolute atomic E-state index is 0.0169. The molecule has 0 aromatic heterocycles. The molecule has 1 aliphatic rings. The summed E-state index contributed by atoms with van der Waals surface area (Å²) in [6, 6.07) is 14.1. The van der Waals surface area contributed by atoms with Gasteiger partial charge in [0, 0.05) is 12.0 Å². The summed E-state index contributed by atoms with van der Waals surface area (Å²) in [6.07, 6.45) is 1.21. The number of hydrogen-bond acceptors (Lipinski definition) is 6. The summed E-state index contributed by atoms with van der Waals surface area (Å²) in [6.45, 7) is 10.5. The largest absolute Gasteiger partial charge is 0.363 e. The lowest BCUT2D eigenvalue weighted by molar-refractivity contribution is -0.124. The molecule has 1 unspecified atom stereocenters. The summed E-state index contributed by atoms with van der Waals surface area (Å²) in [5, 5.41) is 13.7. The van der Waals surface area contributed by atoms with E-state index in [0.717, 1.165) is 18.4 Å². The molecule has 0 radical (unpaired) electrons. The summed E-state index contributed by atoms with van der Waals surface area (Å²) < 4.78 is 0. The van der Waals surface area contributed by atoms with Crippen LogP contribution >= 0.6 is 0 Å². The zero-order valence-corrected chi connectivity index (χ0v) is 19.8. The Morgan fingerprint density at radius 2 is 1.64 bits per heavy atom. The van der Waals surface area contributed by atoms with Gasteiger partial charge < -0.3 is 14.8 Å². The first-order valence-electron chi connectivity index (χ1n) is 11.2. The molecule has 7 nitrogen and oxygen atoms in total. The summed E-state index contributed by atoms with van der Waals surface area (Å²) >= 11 is 0. The van der Waals surface area contributed by atoms with Gasteiger partial charge in [-0.15, -0.1) is 0 Å². The minimum Gasteiger partial charge on any atom is -0.363 e. The molecule has 3 rings (SSSR count). The maximum Gasteiger partial charge on any atom is 0.362 e. The third-order valence-electron chi connectivity index (χ3n) is 6.20. The Kier molecular flexibility index (Phi) is 7.22. The average Bonchev–Trinajstić information content (AvgIpc) is 2.81. The van der Waals surface area contributed by atoms with Gasteiger partial charge in [-0.2, -0.15) is 5.48 Å². The van der Waals surface area contributed by atoms with Crippen LogP contribution in [0.2, 0.25) is 0 Å². The van der Waals surface area contributed by atoms with Crippen LogP contribution in [-0.4, -0.2) is 29.0 Å². The molecule has 0 heterocycles. The van der Waals surface area contributed by atoms with Gasteiger partial charge in [0.05, 0.1) is 5.56 Å². The van der Waals surface area contributed by atoms with Crippen molar-refractivity contribution in [3.8, 4) is 0 Å². The second kappa shape index (κ2) is 9.75. The van der Waals surface area contributed by atoms with Gasteiger partial charge in [-0.05, 0) is 53.0 Å². The fourth-order valence-corrected chi connectivity index (χ4v) is 3.92. The van der Waals surface area contributed by atoms with E-state index in [1.54, 1.807) is 43.3 Å². The van der Waals surface area contributed by atoms with E-state index in [1.165, 1.54) is 5.56 Å². The van der Waals surface area contributed by atoms with Crippen LogP contribution in [0.15, 0.2) is 53.7 Å². The van der Waals surface area contributed by atoms with Gasteiger partial charge in [-0.25, -0.2) is 4.79 Å². The fraction of sp³-hybridized carbons (Fsp3) is 0.423. The number of benzene rings is 2. The number of carbonyl (C=O) groups excluding carboxylic acids is 2. The molecule has 0 spiro atoms. The van der Waals surface area contributed by atoms with E-state index < -0.39 is 18.2 Å². The smallest absolute Gasteiger partial charge is 0.362 e. The Bertz CT molecular complexity index is 1040. The molecule has 2 N–H and O–H groups in total. The molecule has 2 aromatic carbocycles. The molecule has 1 atom stereocenters. The minimum atomic E-state index is -1.16. The molecule has 0 saturated heterocycles. The standard InChI is InChI=1S/C26H32N2O5/c1-6-21(29)32-27-22(23(30)28-33-24(31)17-10-8-7-9-11-17)18-12-13-19-20(16-18)26(4,5)15-14-25(19,2)3/h7-13,16,21,29H,6,14-15H2,1-5H3,(H,28,30). The molecule has 2 aromatic rings. The number of aliphatic hydroxyl groups is 1. The summed E-state index contributed by atoms with van der Waals surface area (Å²) in [7, 11) is 0. The Labute approximate surface area is 194 Å². The van der Waals surface area contributed by atoms with Crippen molar-refractivity contribution in [3.05, 3.63) is 70.8 Å². The van der Waals surface area contributed by atoms with Crippen molar-refractivity contribution in [2.75, 3.05) is 0 Å². The maximum absolute atomic E-state index is 13.0. The van der Waals surface area contributed by atoms with Crippen molar-refractivity contribution < 1.29 is 24.4 Å². The third-order valence-corrected chi connectivity index (χ3v) is 6.20. The van der Waals surface area contributed by atoms with E-state index in [0.29, 0.717) is 17.5 Å². The zero-order valence-electron chi connectivity index (χ0n) is 19.8. The number of nitrogens with one attached hydrogen (secondary N) is 1. The molecule has 0 bridgehead atoms. The highest BCUT2D eigenvalue weighted by Crippen LogP contribution is 2.45. The van der Waals surface area contributed by atoms with Gasteiger partial charge in [0.25, 0.3) is 0 Å². The van der Waals surface area contributed by atoms with Crippen LogP contribution < -0.4 is 5.48 Å². The number of carbonyl (C=O) groups is 2. The van der Waals surface area contributed by atoms with Gasteiger partial charge in [0.15, 0.2) is 5.71 Å². The van der Waals surface area contributed by atoms with Crippen molar-refractivity contribution >= 4 is 17.6 Å². The lowest BCUT2D eigenvalue weighted by Gasteiger charge is -2.42. The third kappa shape index (κ3) is 5.60. The maximum atomic E-state index is 13.0. The van der Waals surface area contributed by atoms with Crippen LogP contribution in [0.1, 0.15) is 80.9 Å². The first-order chi connectivity index (χ1) is 15.5. The lowest BCUT2D eigenvalue weighted by Crippen LogP contribution is -2.36. The van der Waals surface area contributed by atoms with E-state index in [2.05, 4.69) is 38.3 Å². The number of hydrogen-bond donors (Lipinski definition) is 2. The molecular weight excluding hydrogens is 420 g/mol. The lowest BCUT2D eigenvalue weighted by atomic mass is 9.63. The van der Waals surface area contributed by atoms with Crippen LogP contribution in [0.25, 0.3) is 0 Å². The van der Waals surface area contributed by atoms with Crippen molar-refractivity contribution in [2.24, 2.45) is 5.16 Å². The van der Waals surface area contributed by atoms with E-state index in [1.807, 2.05) is 12.1 Å². The Balaban J connectivity index is 1.91. The van der Waals surface area contributed by atoms with E-state index in [4.69, 9.17) is 9.68 Å². The van der Waals surface area contributed by atoms with E-state index >= 15 is 0 Å². The second-order valence-electron chi connectivity index (χ2n) is 9.62. The molecule has 0 fully saturated rings. The van der Waals surface area contributed by atoms with Crippen LogP contribution in [0.5, 0.6) is 0 Å². The number of amides is 1. The monoisotopic (exact) mass is 452 g/mol. The quantitative estimate of drug-likeness (QED) is 0.385. The van der Waals surface area contributed by atoms with Crippen LogP contribution in [0, 0.1) is 0 Å². The summed E-state index contributed by atoms with van der Waals surface area (Å²) in [5.41, 5.74) is 5.18. The normalized spacial score (nSPS) is 17.5. The molecule has 0 saturated carbocycles. The van der Waals surface area contributed by atoms with Gasteiger partial charge in [0.2, 0.25) is 6.29 Å². The molecule has 7 heteroatoms. The fourth-order valence-electron chi connectivity index (χ4n) is 3.92. The number of hydroxylamine groups is 1. The number of fused-ring (bicyclic) bond motifs is 1. The van der Waals surface area contributed by atoms with Crippen molar-refractivity contribution in [3.63, 3.8) is 0 Å². The van der Waals surface area contributed by atoms with Crippen molar-refractivity contribution in [1.82, 2.24) is 5.48 Å². The van der Waals surface area contributed by atoms with Crippen LogP contribution in [-0.2, 0) is 25.3 Å². The predicted molar refractivity (Wildman–Crippen MR) is 126 cm³/mol. The van der Waals surface area contributed by atoms with Gasteiger partial charge >= 0.3 is 11.9 Å². The summed E-state index contributed by atoms with van der Waals surface area (Å²) in [5.74, 6) is -1.46. The Morgan fingerprint density at radius 1 is 1.00 bits per heavy atom. The molecule has 176 valence electrons. The molecule has 1 aliphatic carbocycles. The van der Waals surface area contributed by atoms with Gasteiger partial charge in [-0.1, -0.05) is 70.1 Å². The van der Waals surface area contributed by atoms with Crippen LogP contribution in [0.4, 0.5) is 0 Å². The van der Waals surface area contributed by atoms with Gasteiger partial charge in [-0.3, -0.25) is 4.79 Å². The number of oxime groups is 1. The topological polar surface area (TPSA) is 97.2 Å². The van der Waals surface area contributed by atoms with E-state index in [9.17, 15) is 14.7 Å². The van der Waals surface area contributed by atoms with Crippen molar-refractivity contribution in [2.45, 2.75) is 71.0 Å². The SMILES string of the molecule is CCC(O)ON=C(C(=O)NOC(=O)c1ccccc1)c1ccc2c(c1)C(C)(C)CCC2(C)C. The highest BCUT2D eigenvalue weighted by Gasteiger charge is 2.37. The summed E-state index contributed by atoms with van der Waals surface area (Å²) in [4.78, 5) is 35.3. The first-order valence-corrected chi connectivity index (χ1v) is 11.2. The van der Waals surface area contributed by atoms with E-state index in [-0.39, 0.29) is 16.5 Å². The Hall–Kier alpha value is -3.19. The predicted octanol–water partition coefficient (Wildman–Crippen LogP) is 4.37. The average molecular weight is 453 g/mol. The molecule has 1 amide bonds. The number of aliphatic hydroxyl groups excluding tert-OH is 1. The number of nitrogens with zero attached hydrogens (tertiary/aromatic N) is 1. The van der Waals surface area contributed by atoms with Crippen molar-refractivity contribution in [1.29, 1.82) is 0 Å². The number of rotatable bonds is 6.